The van der Waals surface area contributed by atoms with E-state index in [9.17, 15) is 0 Å². The predicted octanol–water partition coefficient (Wildman–Crippen LogP) is 1.32. The van der Waals surface area contributed by atoms with Crippen molar-refractivity contribution < 1.29 is 0 Å². The van der Waals surface area contributed by atoms with Crippen molar-refractivity contribution in [2.45, 2.75) is 46.3 Å². The Kier molecular flexibility index (Phi) is 3.33. The Morgan fingerprint density at radius 1 is 1.20 bits per heavy atom. The zero-order valence-electron chi connectivity index (χ0n) is 7.73. The molecule has 0 saturated heterocycles. The molecule has 10 heavy (non-hydrogen) atoms. The minimum absolute atomic E-state index is 0.246. The summed E-state index contributed by atoms with van der Waals surface area (Å²) in [6, 6.07) is 0.486. The van der Waals surface area contributed by atoms with Crippen molar-refractivity contribution in [1.82, 2.24) is 5.32 Å². The lowest BCUT2D eigenvalue weighted by atomic mass is 10.0. The zero-order chi connectivity index (χ0) is 8.36. The van der Waals surface area contributed by atoms with Crippen LogP contribution in [0.1, 0.15) is 34.6 Å². The maximum atomic E-state index is 5.76. The largest absolute Gasteiger partial charge is 0.314 e. The molecule has 1 atom stereocenters. The van der Waals surface area contributed by atoms with Gasteiger partial charge in [-0.05, 0) is 26.7 Å². The highest BCUT2D eigenvalue weighted by molar-refractivity contribution is 4.75. The van der Waals surface area contributed by atoms with Crippen molar-refractivity contribution in [3.8, 4) is 0 Å². The van der Waals surface area contributed by atoms with Gasteiger partial charge >= 0.3 is 0 Å². The second-order valence-corrected chi connectivity index (χ2v) is 3.90. The lowest BCUT2D eigenvalue weighted by molar-refractivity contribution is 0.307. The molecule has 2 nitrogen and oxygen atoms in total. The molecule has 0 aromatic rings. The van der Waals surface area contributed by atoms with Crippen LogP contribution < -0.4 is 11.1 Å². The van der Waals surface area contributed by atoms with Crippen molar-refractivity contribution in [2.24, 2.45) is 11.7 Å². The lowest BCUT2D eigenvalue weighted by Gasteiger charge is -2.28. The highest BCUT2D eigenvalue weighted by Gasteiger charge is 2.15. The van der Waals surface area contributed by atoms with Gasteiger partial charge in [-0.1, -0.05) is 13.8 Å². The van der Waals surface area contributed by atoms with Crippen LogP contribution in [0.4, 0.5) is 0 Å². The molecule has 3 N–H and O–H groups in total. The predicted molar refractivity (Wildman–Crippen MR) is 45.7 cm³/mol. The van der Waals surface area contributed by atoms with Gasteiger partial charge in [-0.15, -0.1) is 0 Å². The van der Waals surface area contributed by atoms with E-state index in [4.69, 9.17) is 5.73 Å². The molecule has 1 unspecified atom stereocenters. The fraction of sp³-hybridized carbons (Fsp3) is 1.00. The number of hydrogen-bond donors (Lipinski definition) is 2. The van der Waals surface area contributed by atoms with E-state index in [1.54, 1.807) is 0 Å². The summed E-state index contributed by atoms with van der Waals surface area (Å²) in [4.78, 5) is 0. The van der Waals surface area contributed by atoms with Crippen LogP contribution >= 0.6 is 0 Å². The van der Waals surface area contributed by atoms with Gasteiger partial charge in [0.1, 0.15) is 0 Å². The van der Waals surface area contributed by atoms with Gasteiger partial charge in [0.25, 0.3) is 0 Å². The molecule has 0 amide bonds. The van der Waals surface area contributed by atoms with Gasteiger partial charge in [-0.25, -0.2) is 0 Å². The fourth-order valence-electron chi connectivity index (χ4n) is 0.753. The van der Waals surface area contributed by atoms with Crippen LogP contribution in [-0.4, -0.2) is 11.7 Å². The Hall–Kier alpha value is -0.0800. The SMILES string of the molecule is CC(C)C(C)NC(C)(C)N. The first-order valence-corrected chi connectivity index (χ1v) is 3.89. The van der Waals surface area contributed by atoms with Crippen molar-refractivity contribution in [3.63, 3.8) is 0 Å². The first-order chi connectivity index (χ1) is 4.33. The first-order valence-electron chi connectivity index (χ1n) is 3.89. The van der Waals surface area contributed by atoms with E-state index in [1.165, 1.54) is 0 Å². The standard InChI is InChI=1S/C8H20N2/c1-6(2)7(3)10-8(4,5)9/h6-7,10H,9H2,1-5H3. The maximum absolute atomic E-state index is 5.76. The van der Waals surface area contributed by atoms with Crippen molar-refractivity contribution in [1.29, 1.82) is 0 Å². The van der Waals surface area contributed by atoms with Gasteiger partial charge in [0.2, 0.25) is 0 Å². The topological polar surface area (TPSA) is 38.0 Å². The van der Waals surface area contributed by atoms with Crippen LogP contribution in [0.15, 0.2) is 0 Å². The van der Waals surface area contributed by atoms with Gasteiger partial charge in [-0.2, -0.15) is 0 Å². The molecular weight excluding hydrogens is 124 g/mol. The van der Waals surface area contributed by atoms with Gasteiger partial charge in [0, 0.05) is 6.04 Å². The normalized spacial score (nSPS) is 15.9. The minimum Gasteiger partial charge on any atom is -0.314 e. The van der Waals surface area contributed by atoms with Gasteiger partial charge in [0.15, 0.2) is 0 Å². The molecule has 0 spiro atoms. The molecule has 0 rings (SSSR count). The van der Waals surface area contributed by atoms with Crippen LogP contribution in [0.3, 0.4) is 0 Å². The summed E-state index contributed by atoms with van der Waals surface area (Å²) in [7, 11) is 0. The molecule has 0 radical (unpaired) electrons. The highest BCUT2D eigenvalue weighted by Crippen LogP contribution is 2.03. The van der Waals surface area contributed by atoms with E-state index >= 15 is 0 Å². The molecule has 0 aromatic carbocycles. The average Bonchev–Trinajstić information content (AvgIpc) is 1.60. The second kappa shape index (κ2) is 3.35. The Morgan fingerprint density at radius 2 is 1.60 bits per heavy atom. The summed E-state index contributed by atoms with van der Waals surface area (Å²) in [6.07, 6.45) is 0. The van der Waals surface area contributed by atoms with Crippen LogP contribution in [0.5, 0.6) is 0 Å². The Bertz CT molecular complexity index is 91.9. The van der Waals surface area contributed by atoms with Crippen molar-refractivity contribution >= 4 is 0 Å². The third-order valence-electron chi connectivity index (χ3n) is 1.60. The van der Waals surface area contributed by atoms with E-state index < -0.39 is 0 Å². The molecule has 0 heterocycles. The summed E-state index contributed by atoms with van der Waals surface area (Å²) >= 11 is 0. The van der Waals surface area contributed by atoms with E-state index in [2.05, 4.69) is 26.1 Å². The van der Waals surface area contributed by atoms with E-state index in [-0.39, 0.29) is 5.66 Å². The fourth-order valence-corrected chi connectivity index (χ4v) is 0.753. The average molecular weight is 144 g/mol. The van der Waals surface area contributed by atoms with Crippen LogP contribution in [-0.2, 0) is 0 Å². The molecule has 62 valence electrons. The van der Waals surface area contributed by atoms with E-state index in [0.717, 1.165) is 0 Å². The molecule has 0 saturated carbocycles. The molecule has 0 aromatic heterocycles. The third kappa shape index (κ3) is 4.77. The van der Waals surface area contributed by atoms with Gasteiger partial charge < -0.3 is 5.73 Å². The molecule has 0 fully saturated rings. The molecule has 0 bridgehead atoms. The van der Waals surface area contributed by atoms with Crippen LogP contribution in [0.25, 0.3) is 0 Å². The summed E-state index contributed by atoms with van der Waals surface area (Å²) in [6.45, 7) is 10.5. The lowest BCUT2D eigenvalue weighted by Crippen LogP contribution is -2.53. The second-order valence-electron chi connectivity index (χ2n) is 3.90. The summed E-state index contributed by atoms with van der Waals surface area (Å²) in [5.74, 6) is 0.642. The van der Waals surface area contributed by atoms with Crippen LogP contribution in [0, 0.1) is 5.92 Å². The quantitative estimate of drug-likeness (QED) is 0.586. The van der Waals surface area contributed by atoms with Gasteiger partial charge in [-0.3, -0.25) is 5.32 Å². The number of nitrogens with two attached hydrogens (primary N) is 1. The molecular formula is C8H20N2. The number of rotatable bonds is 3. The third-order valence-corrected chi connectivity index (χ3v) is 1.60. The zero-order valence-corrected chi connectivity index (χ0v) is 7.73. The molecule has 0 aliphatic carbocycles. The molecule has 2 heteroatoms. The monoisotopic (exact) mass is 144 g/mol. The van der Waals surface area contributed by atoms with Crippen molar-refractivity contribution in [2.75, 3.05) is 0 Å². The summed E-state index contributed by atoms with van der Waals surface area (Å²) in [5, 5.41) is 3.30. The Morgan fingerprint density at radius 3 is 1.70 bits per heavy atom. The van der Waals surface area contributed by atoms with E-state index in [0.29, 0.717) is 12.0 Å². The first kappa shape index (κ1) is 9.92. The van der Waals surface area contributed by atoms with Crippen molar-refractivity contribution in [3.05, 3.63) is 0 Å². The molecule has 0 aliphatic rings. The van der Waals surface area contributed by atoms with E-state index in [1.807, 2.05) is 13.8 Å². The Balaban J connectivity index is 3.68. The highest BCUT2D eigenvalue weighted by atomic mass is 15.1. The summed E-state index contributed by atoms with van der Waals surface area (Å²) < 4.78 is 0. The minimum atomic E-state index is -0.246. The van der Waals surface area contributed by atoms with Gasteiger partial charge in [0.05, 0.1) is 5.66 Å². The Labute approximate surface area is 64.2 Å². The summed E-state index contributed by atoms with van der Waals surface area (Å²) in [5.41, 5.74) is 5.52. The molecule has 0 aliphatic heterocycles. The number of hydrogen-bond acceptors (Lipinski definition) is 2. The van der Waals surface area contributed by atoms with Crippen LogP contribution in [0.2, 0.25) is 0 Å². The number of nitrogens with one attached hydrogen (secondary N) is 1. The smallest absolute Gasteiger partial charge is 0.0605 e. The maximum Gasteiger partial charge on any atom is 0.0605 e.